The van der Waals surface area contributed by atoms with Crippen molar-refractivity contribution < 1.29 is 14.3 Å². The van der Waals surface area contributed by atoms with Crippen LogP contribution >= 0.6 is 0 Å². The van der Waals surface area contributed by atoms with Gasteiger partial charge in [-0.15, -0.1) is 0 Å². The van der Waals surface area contributed by atoms with Crippen LogP contribution in [-0.4, -0.2) is 84.6 Å². The summed E-state index contributed by atoms with van der Waals surface area (Å²) in [6.07, 6.45) is 5.36. The Labute approximate surface area is 165 Å². The van der Waals surface area contributed by atoms with Crippen LogP contribution in [0.1, 0.15) is 36.0 Å². The molecule has 8 heteroatoms. The number of carbonyl (C=O) groups is 2. The molecule has 0 aromatic carbocycles. The van der Waals surface area contributed by atoms with Gasteiger partial charge in [0, 0.05) is 58.1 Å². The zero-order chi connectivity index (χ0) is 19.5. The summed E-state index contributed by atoms with van der Waals surface area (Å²) < 4.78 is 5.55. The number of aromatic nitrogens is 1. The molecule has 4 heterocycles. The van der Waals surface area contributed by atoms with Gasteiger partial charge < -0.3 is 20.3 Å². The van der Waals surface area contributed by atoms with E-state index in [-0.39, 0.29) is 12.0 Å². The molecule has 3 saturated heterocycles. The van der Waals surface area contributed by atoms with Crippen molar-refractivity contribution in [1.82, 2.24) is 14.8 Å². The van der Waals surface area contributed by atoms with Crippen LogP contribution in [-0.2, 0) is 9.53 Å². The van der Waals surface area contributed by atoms with Gasteiger partial charge in [-0.3, -0.25) is 14.5 Å². The molecule has 0 saturated carbocycles. The van der Waals surface area contributed by atoms with Crippen molar-refractivity contribution >= 4 is 17.6 Å². The molecule has 1 aromatic heterocycles. The predicted octanol–water partition coefficient (Wildman–Crippen LogP) is 0.473. The molecule has 1 aromatic rings. The highest BCUT2D eigenvalue weighted by atomic mass is 16.5. The standard InChI is InChI=1S/C20H29N5O3/c21-18(26)16-3-1-7-22-19(16)24-12-10-23(11-13-24)15-5-8-25(9-6-15)20(27)17-4-2-14-28-17/h1,3,7,15,17H,2,4-6,8-14H2,(H2,21,26)/t17-/m0/s1. The molecular formula is C20H29N5O3. The van der Waals surface area contributed by atoms with Gasteiger partial charge in [-0.2, -0.15) is 0 Å². The van der Waals surface area contributed by atoms with E-state index in [1.165, 1.54) is 0 Å². The second kappa shape index (κ2) is 8.45. The average Bonchev–Trinajstić information content (AvgIpc) is 3.28. The molecule has 2 amide bonds. The number of primary amides is 1. The largest absolute Gasteiger partial charge is 0.368 e. The highest BCUT2D eigenvalue weighted by Crippen LogP contribution is 2.24. The van der Waals surface area contributed by atoms with Gasteiger partial charge in [-0.05, 0) is 37.8 Å². The van der Waals surface area contributed by atoms with Crippen molar-refractivity contribution in [2.75, 3.05) is 50.8 Å². The zero-order valence-corrected chi connectivity index (χ0v) is 16.3. The number of nitrogens with zero attached hydrogens (tertiary/aromatic N) is 4. The molecule has 1 atom stereocenters. The Morgan fingerprint density at radius 2 is 1.82 bits per heavy atom. The van der Waals surface area contributed by atoms with Gasteiger partial charge in [-0.25, -0.2) is 4.98 Å². The van der Waals surface area contributed by atoms with Crippen LogP contribution in [0, 0.1) is 0 Å². The first-order valence-electron chi connectivity index (χ1n) is 10.3. The Balaban J connectivity index is 1.28. The second-order valence-electron chi connectivity index (χ2n) is 7.82. The quantitative estimate of drug-likeness (QED) is 0.808. The number of rotatable bonds is 4. The summed E-state index contributed by atoms with van der Waals surface area (Å²) in [6, 6.07) is 3.98. The van der Waals surface area contributed by atoms with Gasteiger partial charge in [0.05, 0.1) is 5.56 Å². The third kappa shape index (κ3) is 3.98. The van der Waals surface area contributed by atoms with E-state index in [1.807, 2.05) is 4.90 Å². The maximum atomic E-state index is 12.5. The van der Waals surface area contributed by atoms with Crippen LogP contribution < -0.4 is 10.6 Å². The van der Waals surface area contributed by atoms with Crippen molar-refractivity contribution in [2.24, 2.45) is 5.73 Å². The summed E-state index contributed by atoms with van der Waals surface area (Å²) in [5.41, 5.74) is 5.97. The molecule has 0 unspecified atom stereocenters. The lowest BCUT2D eigenvalue weighted by molar-refractivity contribution is -0.142. The van der Waals surface area contributed by atoms with E-state index < -0.39 is 5.91 Å². The van der Waals surface area contributed by atoms with Crippen LogP contribution in [0.15, 0.2) is 18.3 Å². The topological polar surface area (TPSA) is 92.0 Å². The Bertz CT molecular complexity index is 706. The van der Waals surface area contributed by atoms with E-state index in [1.54, 1.807) is 18.3 Å². The van der Waals surface area contributed by atoms with E-state index in [0.29, 0.717) is 24.0 Å². The Morgan fingerprint density at radius 1 is 1.07 bits per heavy atom. The monoisotopic (exact) mass is 387 g/mol. The van der Waals surface area contributed by atoms with Gasteiger partial charge in [-0.1, -0.05) is 0 Å². The van der Waals surface area contributed by atoms with E-state index in [9.17, 15) is 9.59 Å². The number of anilines is 1. The molecule has 28 heavy (non-hydrogen) atoms. The summed E-state index contributed by atoms with van der Waals surface area (Å²) in [6.45, 7) is 5.85. The predicted molar refractivity (Wildman–Crippen MR) is 105 cm³/mol. The lowest BCUT2D eigenvalue weighted by Crippen LogP contribution is -2.54. The highest BCUT2D eigenvalue weighted by molar-refractivity contribution is 5.97. The molecule has 2 N–H and O–H groups in total. The lowest BCUT2D eigenvalue weighted by Gasteiger charge is -2.43. The number of piperazine rings is 1. The Hall–Kier alpha value is -2.19. The SMILES string of the molecule is NC(=O)c1cccnc1N1CCN(C2CCN(C(=O)[C@@H]3CCCO3)CC2)CC1. The highest BCUT2D eigenvalue weighted by Gasteiger charge is 2.33. The zero-order valence-electron chi connectivity index (χ0n) is 16.3. The van der Waals surface area contributed by atoms with Crippen molar-refractivity contribution in [1.29, 1.82) is 0 Å². The molecule has 8 nitrogen and oxygen atoms in total. The van der Waals surface area contributed by atoms with Crippen LogP contribution in [0.3, 0.4) is 0 Å². The second-order valence-corrected chi connectivity index (χ2v) is 7.82. The number of hydrogen-bond donors (Lipinski definition) is 1. The number of hydrogen-bond acceptors (Lipinski definition) is 6. The van der Waals surface area contributed by atoms with Gasteiger partial charge >= 0.3 is 0 Å². The van der Waals surface area contributed by atoms with E-state index in [2.05, 4.69) is 14.8 Å². The number of nitrogens with two attached hydrogens (primary N) is 1. The van der Waals surface area contributed by atoms with Crippen molar-refractivity contribution in [3.05, 3.63) is 23.9 Å². The maximum Gasteiger partial charge on any atom is 0.252 e. The summed E-state index contributed by atoms with van der Waals surface area (Å²) in [7, 11) is 0. The Kier molecular flexibility index (Phi) is 5.77. The summed E-state index contributed by atoms with van der Waals surface area (Å²) in [5, 5.41) is 0. The molecule has 0 bridgehead atoms. The molecule has 0 spiro atoms. The summed E-state index contributed by atoms with van der Waals surface area (Å²) >= 11 is 0. The van der Waals surface area contributed by atoms with Crippen molar-refractivity contribution in [3.8, 4) is 0 Å². The number of amides is 2. The first-order chi connectivity index (χ1) is 13.6. The average molecular weight is 387 g/mol. The van der Waals surface area contributed by atoms with Gasteiger partial charge in [0.1, 0.15) is 11.9 Å². The fraction of sp³-hybridized carbons (Fsp3) is 0.650. The molecule has 3 aliphatic rings. The Morgan fingerprint density at radius 3 is 2.46 bits per heavy atom. The van der Waals surface area contributed by atoms with Crippen LogP contribution in [0.25, 0.3) is 0 Å². The number of ether oxygens (including phenoxy) is 1. The number of pyridine rings is 1. The molecule has 4 rings (SSSR count). The van der Waals surface area contributed by atoms with E-state index >= 15 is 0 Å². The third-order valence-electron chi connectivity index (χ3n) is 6.16. The molecule has 0 aliphatic carbocycles. The number of piperidine rings is 1. The van der Waals surface area contributed by atoms with Crippen LogP contribution in [0.4, 0.5) is 5.82 Å². The van der Waals surface area contributed by atoms with Gasteiger partial charge in [0.25, 0.3) is 11.8 Å². The minimum atomic E-state index is -0.436. The smallest absolute Gasteiger partial charge is 0.252 e. The fourth-order valence-electron chi connectivity index (χ4n) is 4.57. The molecule has 0 radical (unpaired) electrons. The molecule has 3 fully saturated rings. The first-order valence-corrected chi connectivity index (χ1v) is 10.3. The van der Waals surface area contributed by atoms with Gasteiger partial charge in [0.2, 0.25) is 0 Å². The maximum absolute atomic E-state index is 12.5. The van der Waals surface area contributed by atoms with E-state index in [4.69, 9.17) is 10.5 Å². The fourth-order valence-corrected chi connectivity index (χ4v) is 4.57. The summed E-state index contributed by atoms with van der Waals surface area (Å²) in [4.78, 5) is 35.2. The lowest BCUT2D eigenvalue weighted by atomic mass is 10.0. The minimum absolute atomic E-state index is 0.176. The normalized spacial score (nSPS) is 24.5. The molecule has 3 aliphatic heterocycles. The number of carbonyl (C=O) groups excluding carboxylic acids is 2. The first kappa shape index (κ1) is 19.1. The van der Waals surface area contributed by atoms with Crippen LogP contribution in [0.2, 0.25) is 0 Å². The third-order valence-corrected chi connectivity index (χ3v) is 6.16. The summed E-state index contributed by atoms with van der Waals surface area (Å²) in [5.74, 6) is 0.426. The molecule has 152 valence electrons. The van der Waals surface area contributed by atoms with Crippen molar-refractivity contribution in [3.63, 3.8) is 0 Å². The van der Waals surface area contributed by atoms with E-state index in [0.717, 1.165) is 65.0 Å². The van der Waals surface area contributed by atoms with Gasteiger partial charge in [0.15, 0.2) is 0 Å². The van der Waals surface area contributed by atoms with Crippen LogP contribution in [0.5, 0.6) is 0 Å². The number of likely N-dealkylation sites (tertiary alicyclic amines) is 1. The molecular weight excluding hydrogens is 358 g/mol. The van der Waals surface area contributed by atoms with Crippen molar-refractivity contribution in [2.45, 2.75) is 37.8 Å². The minimum Gasteiger partial charge on any atom is -0.368 e.